The molecule has 0 aliphatic carbocycles. The van der Waals surface area contributed by atoms with Gasteiger partial charge < -0.3 is 19.1 Å². The first kappa shape index (κ1) is 27.4. The van der Waals surface area contributed by atoms with E-state index in [1.807, 2.05) is 30.5 Å². The molecule has 6 aromatic carbocycles. The molecular weight excluding hydrogens is 606 g/mol. The molecule has 7 heteroatoms. The van der Waals surface area contributed by atoms with Gasteiger partial charge in [0.05, 0.1) is 18.4 Å². The molecule has 9 aromatic rings. The lowest BCUT2D eigenvalue weighted by atomic mass is 9.96. The predicted molar refractivity (Wildman–Crippen MR) is 199 cm³/mol. The molecule has 232 valence electrons. The second kappa shape index (κ2) is 10.9. The zero-order valence-electron chi connectivity index (χ0n) is 26.2. The smallest absolute Gasteiger partial charge is 0.220 e. The van der Waals surface area contributed by atoms with Crippen LogP contribution in [0.5, 0.6) is 0 Å². The van der Waals surface area contributed by atoms with Crippen molar-refractivity contribution in [3.8, 4) is 22.5 Å². The highest BCUT2D eigenvalue weighted by molar-refractivity contribution is 6.07. The van der Waals surface area contributed by atoms with Gasteiger partial charge in [-0.2, -0.15) is 0 Å². The normalized spacial score (nSPS) is 12.5. The first-order valence-electron chi connectivity index (χ1n) is 16.2. The highest BCUT2D eigenvalue weighted by atomic mass is 16.4. The van der Waals surface area contributed by atoms with E-state index in [-0.39, 0.29) is 0 Å². The maximum atomic E-state index is 6.28. The van der Waals surface area contributed by atoms with Crippen molar-refractivity contribution in [3.05, 3.63) is 140 Å². The molecule has 0 unspecified atom stereocenters. The monoisotopic (exact) mass is 633 g/mol. The number of benzene rings is 6. The zero-order valence-corrected chi connectivity index (χ0v) is 26.2. The molecule has 1 aliphatic rings. The number of fused-ring (bicyclic) bond motifs is 7. The van der Waals surface area contributed by atoms with Crippen LogP contribution in [0.1, 0.15) is 0 Å². The Balaban J connectivity index is 1.13. The summed E-state index contributed by atoms with van der Waals surface area (Å²) in [6, 6.07) is 46.2. The Morgan fingerprint density at radius 2 is 1.37 bits per heavy atom. The summed E-state index contributed by atoms with van der Waals surface area (Å²) < 4.78 is 12.2. The number of nitrogens with zero attached hydrogens (tertiary/aromatic N) is 4. The van der Waals surface area contributed by atoms with Crippen molar-refractivity contribution in [3.63, 3.8) is 0 Å². The van der Waals surface area contributed by atoms with E-state index in [0.717, 1.165) is 61.2 Å². The van der Waals surface area contributed by atoms with E-state index < -0.39 is 0 Å². The van der Waals surface area contributed by atoms with Gasteiger partial charge in [-0.3, -0.25) is 4.99 Å². The summed E-state index contributed by atoms with van der Waals surface area (Å²) in [6.45, 7) is 0.644. The van der Waals surface area contributed by atoms with Gasteiger partial charge in [0.1, 0.15) is 22.4 Å². The van der Waals surface area contributed by atoms with Gasteiger partial charge in [-0.1, -0.05) is 72.8 Å². The van der Waals surface area contributed by atoms with E-state index in [1.54, 1.807) is 6.20 Å². The van der Waals surface area contributed by atoms with Crippen LogP contribution in [0.3, 0.4) is 0 Å². The summed E-state index contributed by atoms with van der Waals surface area (Å²) in [5, 5.41) is 7.57. The number of rotatable bonds is 5. The van der Waals surface area contributed by atoms with Crippen LogP contribution in [-0.2, 0) is 0 Å². The van der Waals surface area contributed by atoms with E-state index in [4.69, 9.17) is 13.8 Å². The fraction of sp³-hybridized carbons (Fsp3) is 0.0238. The second-order valence-electron chi connectivity index (χ2n) is 12.1. The van der Waals surface area contributed by atoms with Gasteiger partial charge in [-0.05, 0) is 71.1 Å². The Bertz CT molecular complexity index is 2730. The number of anilines is 4. The van der Waals surface area contributed by atoms with Crippen molar-refractivity contribution in [2.45, 2.75) is 0 Å². The van der Waals surface area contributed by atoms with E-state index >= 15 is 0 Å². The van der Waals surface area contributed by atoms with Gasteiger partial charge >= 0.3 is 0 Å². The first-order chi connectivity index (χ1) is 24.3. The first-order valence-corrected chi connectivity index (χ1v) is 16.2. The summed E-state index contributed by atoms with van der Waals surface area (Å²) in [5.41, 5.74) is 10.2. The molecule has 0 amide bonds. The standard InChI is InChI=1S/C42H27N5O2/c1-2-8-26(9-3-1)30-20-21-35(32-11-5-4-10-31(30)32)47(29-18-19-34-37(24-29)49-42-40(34)43-22-23-44-42)28-16-14-27(15-17-28)41-45-25-38-39(46-41)33-12-6-7-13-36(33)48-38/h1-22,24-25,44H,23H2. The maximum Gasteiger partial charge on any atom is 0.220 e. The number of nitrogens with one attached hydrogen (secondary N) is 1. The predicted octanol–water partition coefficient (Wildman–Crippen LogP) is 11.2. The number of aliphatic imine (C=N–C) groups is 1. The van der Waals surface area contributed by atoms with Gasteiger partial charge in [-0.25, -0.2) is 9.97 Å². The van der Waals surface area contributed by atoms with Crippen molar-refractivity contribution >= 4 is 78.7 Å². The van der Waals surface area contributed by atoms with Gasteiger partial charge in [0.2, 0.25) is 5.88 Å². The lowest BCUT2D eigenvalue weighted by Gasteiger charge is -2.27. The summed E-state index contributed by atoms with van der Waals surface area (Å²) in [6.07, 6.45) is 3.63. The van der Waals surface area contributed by atoms with Crippen LogP contribution in [0.25, 0.3) is 66.3 Å². The highest BCUT2D eigenvalue weighted by Gasteiger charge is 2.21. The highest BCUT2D eigenvalue weighted by Crippen LogP contribution is 2.45. The minimum Gasteiger partial charge on any atom is -0.453 e. The fourth-order valence-electron chi connectivity index (χ4n) is 6.92. The number of para-hydroxylation sites is 1. The molecule has 3 aromatic heterocycles. The van der Waals surface area contributed by atoms with E-state index in [1.165, 1.54) is 16.5 Å². The third kappa shape index (κ3) is 4.47. The largest absolute Gasteiger partial charge is 0.453 e. The molecule has 1 N–H and O–H groups in total. The van der Waals surface area contributed by atoms with Crippen LogP contribution < -0.4 is 10.2 Å². The van der Waals surface area contributed by atoms with Crippen molar-refractivity contribution in [2.24, 2.45) is 4.99 Å². The molecule has 4 heterocycles. The Hall–Kier alpha value is -6.73. The Morgan fingerprint density at radius 1 is 0.592 bits per heavy atom. The molecule has 10 rings (SSSR count). The summed E-state index contributed by atoms with van der Waals surface area (Å²) in [7, 11) is 0. The zero-order chi connectivity index (χ0) is 32.3. The van der Waals surface area contributed by atoms with Crippen molar-refractivity contribution in [1.29, 1.82) is 0 Å². The molecular formula is C42H27N5O2. The van der Waals surface area contributed by atoms with Crippen LogP contribution >= 0.6 is 0 Å². The molecule has 49 heavy (non-hydrogen) atoms. The van der Waals surface area contributed by atoms with Gasteiger partial charge in [-0.15, -0.1) is 0 Å². The Kier molecular flexibility index (Phi) is 6.11. The average molecular weight is 634 g/mol. The molecule has 0 atom stereocenters. The van der Waals surface area contributed by atoms with Gasteiger partial charge in [0.15, 0.2) is 11.4 Å². The van der Waals surface area contributed by atoms with Crippen molar-refractivity contribution in [2.75, 3.05) is 16.8 Å². The van der Waals surface area contributed by atoms with Gasteiger partial charge in [0, 0.05) is 45.4 Å². The number of furan rings is 2. The molecule has 7 nitrogen and oxygen atoms in total. The van der Waals surface area contributed by atoms with Crippen LogP contribution in [0.4, 0.5) is 28.6 Å². The van der Waals surface area contributed by atoms with Gasteiger partial charge in [0.25, 0.3) is 0 Å². The molecule has 0 radical (unpaired) electrons. The quantitative estimate of drug-likeness (QED) is 0.203. The SMILES string of the molecule is C1=Nc2c(oc3cc(N(c4ccc(-c5ncc6oc7ccccc7c6n5)cc4)c4ccc(-c5ccccc5)c5ccccc45)ccc23)NC1. The molecule has 0 spiro atoms. The van der Waals surface area contributed by atoms with Crippen LogP contribution in [-0.4, -0.2) is 22.7 Å². The minimum atomic E-state index is 0.644. The second-order valence-corrected chi connectivity index (χ2v) is 12.1. The van der Waals surface area contributed by atoms with Crippen LogP contribution in [0, 0.1) is 0 Å². The summed E-state index contributed by atoms with van der Waals surface area (Å²) in [4.78, 5) is 16.5. The molecule has 1 aliphatic heterocycles. The lowest BCUT2D eigenvalue weighted by molar-refractivity contribution is 0.630. The Morgan fingerprint density at radius 3 is 2.24 bits per heavy atom. The molecule has 0 saturated heterocycles. The molecule has 0 fully saturated rings. The topological polar surface area (TPSA) is 79.7 Å². The Labute approximate surface area is 280 Å². The third-order valence-corrected chi connectivity index (χ3v) is 9.21. The molecule has 0 saturated carbocycles. The van der Waals surface area contributed by atoms with E-state index in [0.29, 0.717) is 23.8 Å². The lowest BCUT2D eigenvalue weighted by Crippen LogP contribution is -2.10. The van der Waals surface area contributed by atoms with Crippen molar-refractivity contribution in [1.82, 2.24) is 9.97 Å². The number of hydrogen-bond donors (Lipinski definition) is 1. The van der Waals surface area contributed by atoms with Crippen LogP contribution in [0.2, 0.25) is 0 Å². The number of hydrogen-bond acceptors (Lipinski definition) is 7. The summed E-state index contributed by atoms with van der Waals surface area (Å²) in [5.74, 6) is 1.34. The summed E-state index contributed by atoms with van der Waals surface area (Å²) >= 11 is 0. The maximum absolute atomic E-state index is 6.28. The fourth-order valence-corrected chi connectivity index (χ4v) is 6.92. The van der Waals surface area contributed by atoms with Crippen LogP contribution in [0.15, 0.2) is 153 Å². The van der Waals surface area contributed by atoms with Crippen molar-refractivity contribution < 1.29 is 8.83 Å². The number of aromatic nitrogens is 2. The minimum absolute atomic E-state index is 0.644. The molecule has 0 bridgehead atoms. The van der Waals surface area contributed by atoms with E-state index in [9.17, 15) is 0 Å². The van der Waals surface area contributed by atoms with E-state index in [2.05, 4.69) is 129 Å². The average Bonchev–Trinajstić information content (AvgIpc) is 3.73. The third-order valence-electron chi connectivity index (χ3n) is 9.21.